The van der Waals surface area contributed by atoms with Crippen molar-refractivity contribution in [2.75, 3.05) is 6.61 Å². The quantitative estimate of drug-likeness (QED) is 0.499. The summed E-state index contributed by atoms with van der Waals surface area (Å²) in [6.07, 6.45) is 1.67. The second-order valence-corrected chi connectivity index (χ2v) is 4.40. The molecule has 0 radical (unpaired) electrons. The van der Waals surface area contributed by atoms with Crippen molar-refractivity contribution >= 4 is 12.9 Å². The molecule has 3 unspecified atom stereocenters. The van der Waals surface area contributed by atoms with Gasteiger partial charge >= 0.3 is 64.3 Å². The van der Waals surface area contributed by atoms with Gasteiger partial charge in [-0.1, -0.05) is 5.82 Å². The third kappa shape index (κ3) is 3.04. The van der Waals surface area contributed by atoms with Crippen molar-refractivity contribution in [1.29, 1.82) is 0 Å². The van der Waals surface area contributed by atoms with Crippen LogP contribution in [0.4, 0.5) is 12.9 Å². The second kappa shape index (κ2) is 5.30. The first-order valence-electron chi connectivity index (χ1n) is 5.33. The van der Waals surface area contributed by atoms with Crippen LogP contribution in [0.25, 0.3) is 0 Å². The Balaban J connectivity index is 0.00000128. The van der Waals surface area contributed by atoms with Gasteiger partial charge in [0.05, 0.1) is 6.61 Å². The zero-order chi connectivity index (χ0) is 11.2. The molecule has 0 heterocycles. The molecule has 3 atom stereocenters. The molecule has 2 aliphatic rings. The first-order valence-corrected chi connectivity index (χ1v) is 5.33. The minimum Gasteiger partial charge on any atom is -0.466 e. The van der Waals surface area contributed by atoms with Gasteiger partial charge in [0.2, 0.25) is 0 Å². The average Bonchev–Trinajstić information content (AvgIpc) is 2.96. The van der Waals surface area contributed by atoms with E-state index in [0.717, 1.165) is 12.8 Å². The fourth-order valence-electron chi connectivity index (χ4n) is 2.49. The molecule has 2 rings (SSSR count). The van der Waals surface area contributed by atoms with Crippen LogP contribution in [-0.4, -0.2) is 19.6 Å². The van der Waals surface area contributed by atoms with Crippen molar-refractivity contribution in [2.45, 2.75) is 25.6 Å². The Labute approximate surface area is 135 Å². The topological polar surface area (TPSA) is 26.3 Å². The van der Waals surface area contributed by atoms with Crippen molar-refractivity contribution in [1.82, 2.24) is 0 Å². The molecule has 16 heavy (non-hydrogen) atoms. The largest absolute Gasteiger partial charge is 1.00 e. The molecular formula is C9H13BF3KO2. The molecule has 2 saturated carbocycles. The van der Waals surface area contributed by atoms with Gasteiger partial charge in [0.15, 0.2) is 0 Å². The number of esters is 1. The second-order valence-electron chi connectivity index (χ2n) is 4.40. The SMILES string of the molecule is CCOC(=O)C1C(C2CC2)C1[B-](F)(F)F.[K+]. The van der Waals surface area contributed by atoms with Gasteiger partial charge in [0.25, 0.3) is 0 Å². The van der Waals surface area contributed by atoms with Crippen LogP contribution < -0.4 is 51.4 Å². The zero-order valence-electron chi connectivity index (χ0n) is 9.46. The van der Waals surface area contributed by atoms with Gasteiger partial charge in [-0.05, 0) is 31.6 Å². The zero-order valence-corrected chi connectivity index (χ0v) is 12.6. The Morgan fingerprint density at radius 1 is 1.38 bits per heavy atom. The van der Waals surface area contributed by atoms with E-state index in [9.17, 15) is 17.7 Å². The summed E-state index contributed by atoms with van der Waals surface area (Å²) < 4.78 is 42.4. The van der Waals surface area contributed by atoms with Crippen molar-refractivity contribution in [3.05, 3.63) is 0 Å². The first-order chi connectivity index (χ1) is 6.96. The summed E-state index contributed by atoms with van der Waals surface area (Å²) in [5.74, 6) is -3.27. The van der Waals surface area contributed by atoms with E-state index in [2.05, 4.69) is 4.74 Å². The third-order valence-electron chi connectivity index (χ3n) is 3.29. The number of hydrogen-bond acceptors (Lipinski definition) is 2. The van der Waals surface area contributed by atoms with Gasteiger partial charge in [0, 0.05) is 5.92 Å². The number of carbonyl (C=O) groups is 1. The summed E-state index contributed by atoms with van der Waals surface area (Å²) >= 11 is 0. The monoisotopic (exact) mass is 260 g/mol. The van der Waals surface area contributed by atoms with E-state index >= 15 is 0 Å². The molecule has 0 aromatic rings. The maximum atomic E-state index is 12.6. The summed E-state index contributed by atoms with van der Waals surface area (Å²) in [6, 6.07) is 0. The molecular weight excluding hydrogens is 247 g/mol. The van der Waals surface area contributed by atoms with E-state index < -0.39 is 30.6 Å². The Hall–Kier alpha value is 0.961. The molecule has 2 aliphatic carbocycles. The van der Waals surface area contributed by atoms with Gasteiger partial charge in [-0.15, -0.1) is 0 Å². The van der Waals surface area contributed by atoms with E-state index in [0.29, 0.717) is 0 Å². The van der Waals surface area contributed by atoms with Crippen molar-refractivity contribution in [3.8, 4) is 0 Å². The number of ether oxygens (including phenoxy) is 1. The molecule has 2 fully saturated rings. The predicted molar refractivity (Wildman–Crippen MR) is 49.2 cm³/mol. The first kappa shape index (κ1) is 15.0. The third-order valence-corrected chi connectivity index (χ3v) is 3.29. The molecule has 0 aromatic heterocycles. The van der Waals surface area contributed by atoms with Crippen LogP contribution in [0.2, 0.25) is 5.82 Å². The normalized spacial score (nSPS) is 32.9. The van der Waals surface area contributed by atoms with E-state index in [1.54, 1.807) is 6.92 Å². The van der Waals surface area contributed by atoms with Gasteiger partial charge in [-0.3, -0.25) is 4.79 Å². The summed E-state index contributed by atoms with van der Waals surface area (Å²) in [5, 5.41) is 0. The van der Waals surface area contributed by atoms with Crippen LogP contribution in [-0.2, 0) is 9.53 Å². The number of halogens is 3. The maximum absolute atomic E-state index is 12.6. The maximum Gasteiger partial charge on any atom is 1.00 e. The minimum atomic E-state index is -4.88. The Kier molecular flexibility index (Phi) is 4.98. The fourth-order valence-corrected chi connectivity index (χ4v) is 2.49. The molecule has 2 nitrogen and oxygen atoms in total. The molecule has 0 aromatic carbocycles. The van der Waals surface area contributed by atoms with Gasteiger partial charge in [0.1, 0.15) is 0 Å². The van der Waals surface area contributed by atoms with Gasteiger partial charge < -0.3 is 17.7 Å². The van der Waals surface area contributed by atoms with Crippen LogP contribution >= 0.6 is 0 Å². The van der Waals surface area contributed by atoms with E-state index in [-0.39, 0.29) is 63.9 Å². The van der Waals surface area contributed by atoms with E-state index in [4.69, 9.17) is 0 Å². The van der Waals surface area contributed by atoms with Crippen LogP contribution in [0.3, 0.4) is 0 Å². The average molecular weight is 260 g/mol. The van der Waals surface area contributed by atoms with Crippen molar-refractivity contribution < 1.29 is 73.9 Å². The van der Waals surface area contributed by atoms with Gasteiger partial charge in [-0.2, -0.15) is 0 Å². The van der Waals surface area contributed by atoms with Gasteiger partial charge in [-0.25, -0.2) is 0 Å². The summed E-state index contributed by atoms with van der Waals surface area (Å²) in [4.78, 5) is 11.3. The summed E-state index contributed by atoms with van der Waals surface area (Å²) in [5.41, 5.74) is 0. The molecule has 0 aliphatic heterocycles. The molecule has 0 N–H and O–H groups in total. The predicted octanol–water partition coefficient (Wildman–Crippen LogP) is -0.573. The summed E-state index contributed by atoms with van der Waals surface area (Å²) in [6.45, 7) is -3.12. The van der Waals surface area contributed by atoms with Crippen molar-refractivity contribution in [3.63, 3.8) is 0 Å². The standard InChI is InChI=1S/C9H13BF3O2.K/c1-2-15-9(14)7-6(5-3-4-5)8(7)10(11,12)13;/h5-8H,2-4H2,1H3;/q-1;+1. The molecule has 0 saturated heterocycles. The minimum absolute atomic E-state index is 0. The molecule has 0 amide bonds. The summed E-state index contributed by atoms with van der Waals surface area (Å²) in [7, 11) is 0. The molecule has 86 valence electrons. The van der Waals surface area contributed by atoms with Crippen molar-refractivity contribution in [2.24, 2.45) is 17.8 Å². The number of hydrogen-bond donors (Lipinski definition) is 0. The smallest absolute Gasteiger partial charge is 0.466 e. The van der Waals surface area contributed by atoms with Crippen LogP contribution in [0, 0.1) is 17.8 Å². The van der Waals surface area contributed by atoms with E-state index in [1.165, 1.54) is 0 Å². The fraction of sp³-hybridized carbons (Fsp3) is 0.889. The van der Waals surface area contributed by atoms with Crippen LogP contribution in [0.5, 0.6) is 0 Å². The Bertz CT molecular complexity index is 280. The Morgan fingerprint density at radius 3 is 2.31 bits per heavy atom. The molecule has 0 bridgehead atoms. The van der Waals surface area contributed by atoms with Crippen LogP contribution in [0.1, 0.15) is 19.8 Å². The van der Waals surface area contributed by atoms with E-state index in [1.807, 2.05) is 0 Å². The number of rotatable bonds is 4. The van der Waals surface area contributed by atoms with Crippen LogP contribution in [0.15, 0.2) is 0 Å². The Morgan fingerprint density at radius 2 is 1.94 bits per heavy atom. The molecule has 0 spiro atoms. The molecule has 7 heteroatoms. The number of carbonyl (C=O) groups excluding carboxylic acids is 1.